The Bertz CT molecular complexity index is 510. The number of carbonyl (C=O) groups excluding carboxylic acids is 1. The molecule has 0 saturated carbocycles. The SMILES string of the molecule is COC(=O)CO/N=C(\C=C\c1ccccc1)C(C)(C)CI. The average molecular weight is 401 g/mol. The Morgan fingerprint density at radius 3 is 2.57 bits per heavy atom. The smallest absolute Gasteiger partial charge is 0.346 e. The molecule has 0 spiro atoms. The molecule has 0 aliphatic carbocycles. The predicted octanol–water partition coefficient (Wildman–Crippen LogP) is 3.71. The fraction of sp³-hybridized carbons (Fsp3) is 0.375. The second-order valence-corrected chi connectivity index (χ2v) is 5.85. The van der Waals surface area contributed by atoms with Crippen molar-refractivity contribution in [2.75, 3.05) is 18.1 Å². The predicted molar refractivity (Wildman–Crippen MR) is 93.5 cm³/mol. The second-order valence-electron chi connectivity index (χ2n) is 5.09. The van der Waals surface area contributed by atoms with Gasteiger partial charge >= 0.3 is 5.97 Å². The molecule has 4 nitrogen and oxygen atoms in total. The molecule has 1 rings (SSSR count). The first-order chi connectivity index (χ1) is 9.99. The van der Waals surface area contributed by atoms with Gasteiger partial charge in [-0.1, -0.05) is 78.0 Å². The van der Waals surface area contributed by atoms with Gasteiger partial charge in [-0.2, -0.15) is 0 Å². The minimum atomic E-state index is -0.447. The van der Waals surface area contributed by atoms with E-state index in [1.807, 2.05) is 42.5 Å². The van der Waals surface area contributed by atoms with Crippen molar-refractivity contribution in [3.63, 3.8) is 0 Å². The monoisotopic (exact) mass is 401 g/mol. The van der Waals surface area contributed by atoms with Gasteiger partial charge in [0.1, 0.15) is 0 Å². The van der Waals surface area contributed by atoms with Crippen LogP contribution in [0.2, 0.25) is 0 Å². The summed E-state index contributed by atoms with van der Waals surface area (Å²) >= 11 is 2.31. The van der Waals surface area contributed by atoms with Crippen molar-refractivity contribution in [3.05, 3.63) is 42.0 Å². The third-order valence-corrected chi connectivity index (χ3v) is 4.74. The zero-order chi connectivity index (χ0) is 15.7. The van der Waals surface area contributed by atoms with Crippen LogP contribution < -0.4 is 0 Å². The summed E-state index contributed by atoms with van der Waals surface area (Å²) in [5.41, 5.74) is 1.72. The van der Waals surface area contributed by atoms with Crippen LogP contribution in [0, 0.1) is 5.41 Å². The molecule has 1 aromatic rings. The zero-order valence-electron chi connectivity index (χ0n) is 12.5. The molecule has 0 bridgehead atoms. The molecule has 0 atom stereocenters. The van der Waals surface area contributed by atoms with Crippen molar-refractivity contribution in [2.24, 2.45) is 10.6 Å². The summed E-state index contributed by atoms with van der Waals surface area (Å²) in [5, 5.41) is 4.09. The van der Waals surface area contributed by atoms with E-state index in [0.29, 0.717) is 0 Å². The van der Waals surface area contributed by atoms with Crippen molar-refractivity contribution in [1.29, 1.82) is 0 Å². The molecule has 0 radical (unpaired) electrons. The third kappa shape index (κ3) is 6.29. The molecule has 5 heteroatoms. The maximum absolute atomic E-state index is 11.1. The molecule has 0 aliphatic heterocycles. The minimum absolute atomic E-state index is 0.151. The summed E-state index contributed by atoms with van der Waals surface area (Å²) in [4.78, 5) is 16.1. The number of carbonyl (C=O) groups is 1. The Balaban J connectivity index is 2.85. The van der Waals surface area contributed by atoms with E-state index >= 15 is 0 Å². The molecule has 0 N–H and O–H groups in total. The molecule has 0 aromatic heterocycles. The van der Waals surface area contributed by atoms with Crippen LogP contribution in [-0.2, 0) is 14.4 Å². The number of benzene rings is 1. The van der Waals surface area contributed by atoms with Crippen LogP contribution in [0.25, 0.3) is 6.08 Å². The Hall–Kier alpha value is -1.37. The molecule has 0 heterocycles. The topological polar surface area (TPSA) is 47.9 Å². The van der Waals surface area contributed by atoms with Gasteiger partial charge in [-0.15, -0.1) is 0 Å². The number of nitrogens with zero attached hydrogens (tertiary/aromatic N) is 1. The van der Waals surface area contributed by atoms with Gasteiger partial charge in [0.15, 0.2) is 0 Å². The largest absolute Gasteiger partial charge is 0.466 e. The quantitative estimate of drug-likeness (QED) is 0.230. The van der Waals surface area contributed by atoms with E-state index in [9.17, 15) is 4.79 Å². The molecule has 21 heavy (non-hydrogen) atoms. The first-order valence-electron chi connectivity index (χ1n) is 6.56. The number of hydrogen-bond donors (Lipinski definition) is 0. The van der Waals surface area contributed by atoms with Gasteiger partial charge in [0.2, 0.25) is 6.61 Å². The fourth-order valence-electron chi connectivity index (χ4n) is 1.40. The highest BCUT2D eigenvalue weighted by Crippen LogP contribution is 2.22. The highest BCUT2D eigenvalue weighted by molar-refractivity contribution is 14.1. The molecule has 0 amide bonds. The molecule has 1 aromatic carbocycles. The summed E-state index contributed by atoms with van der Waals surface area (Å²) in [5.74, 6) is -0.447. The Morgan fingerprint density at radius 2 is 2.00 bits per heavy atom. The Kier molecular flexibility index (Phi) is 7.42. The fourth-order valence-corrected chi connectivity index (χ4v) is 1.79. The first-order valence-corrected chi connectivity index (χ1v) is 8.08. The first kappa shape index (κ1) is 17.7. The maximum atomic E-state index is 11.1. The lowest BCUT2D eigenvalue weighted by Gasteiger charge is -2.21. The van der Waals surface area contributed by atoms with Crippen molar-refractivity contribution in [3.8, 4) is 0 Å². The number of alkyl halides is 1. The molecule has 0 saturated heterocycles. The van der Waals surface area contributed by atoms with Crippen LogP contribution in [0.1, 0.15) is 19.4 Å². The number of methoxy groups -OCH3 is 1. The van der Waals surface area contributed by atoms with Crippen LogP contribution in [0.3, 0.4) is 0 Å². The highest BCUT2D eigenvalue weighted by atomic mass is 127. The molecule has 0 unspecified atom stereocenters. The number of oxime groups is 1. The standard InChI is InChI=1S/C16H20INO3/c1-16(2,12-17)14(18-21-11-15(19)20-3)10-9-13-7-5-4-6-8-13/h4-10H,11-12H2,1-3H3/b10-9+,18-14+. The summed E-state index contributed by atoms with van der Waals surface area (Å²) in [6, 6.07) is 9.96. The Morgan fingerprint density at radius 1 is 1.33 bits per heavy atom. The highest BCUT2D eigenvalue weighted by Gasteiger charge is 2.22. The van der Waals surface area contributed by atoms with Crippen LogP contribution in [-0.4, -0.2) is 29.8 Å². The average Bonchev–Trinajstić information content (AvgIpc) is 2.51. The lowest BCUT2D eigenvalue weighted by atomic mass is 9.89. The summed E-state index contributed by atoms with van der Waals surface area (Å²) in [6.45, 7) is 3.97. The van der Waals surface area contributed by atoms with E-state index in [-0.39, 0.29) is 12.0 Å². The van der Waals surface area contributed by atoms with Crippen molar-refractivity contribution in [2.45, 2.75) is 13.8 Å². The van der Waals surface area contributed by atoms with Crippen LogP contribution in [0.15, 0.2) is 41.6 Å². The normalized spacial score (nSPS) is 12.5. The van der Waals surface area contributed by atoms with Crippen molar-refractivity contribution >= 4 is 40.3 Å². The summed E-state index contributed by atoms with van der Waals surface area (Å²) < 4.78 is 5.40. The van der Waals surface area contributed by atoms with E-state index in [4.69, 9.17) is 4.84 Å². The number of ether oxygens (including phenoxy) is 1. The molecular weight excluding hydrogens is 381 g/mol. The van der Waals surface area contributed by atoms with E-state index < -0.39 is 5.97 Å². The third-order valence-electron chi connectivity index (χ3n) is 2.83. The molecule has 0 aliphatic rings. The van der Waals surface area contributed by atoms with E-state index in [0.717, 1.165) is 15.7 Å². The van der Waals surface area contributed by atoms with Crippen LogP contribution in [0.5, 0.6) is 0 Å². The summed E-state index contributed by atoms with van der Waals surface area (Å²) in [6.07, 6.45) is 3.90. The van der Waals surface area contributed by atoms with E-state index in [1.165, 1.54) is 7.11 Å². The van der Waals surface area contributed by atoms with Crippen LogP contribution in [0.4, 0.5) is 0 Å². The van der Waals surface area contributed by atoms with Gasteiger partial charge in [0, 0.05) is 9.84 Å². The lowest BCUT2D eigenvalue weighted by Crippen LogP contribution is -2.25. The number of esters is 1. The van der Waals surface area contributed by atoms with Gasteiger partial charge in [-0.05, 0) is 11.6 Å². The van der Waals surface area contributed by atoms with E-state index in [1.54, 1.807) is 0 Å². The molecule has 0 fully saturated rings. The Labute approximate surface area is 139 Å². The van der Waals surface area contributed by atoms with Crippen molar-refractivity contribution < 1.29 is 14.4 Å². The van der Waals surface area contributed by atoms with Gasteiger partial charge in [0.05, 0.1) is 12.8 Å². The minimum Gasteiger partial charge on any atom is -0.466 e. The second kappa shape index (κ2) is 8.81. The maximum Gasteiger partial charge on any atom is 0.346 e. The molecular formula is C16H20INO3. The van der Waals surface area contributed by atoms with E-state index in [2.05, 4.69) is 46.3 Å². The van der Waals surface area contributed by atoms with Crippen molar-refractivity contribution in [1.82, 2.24) is 0 Å². The lowest BCUT2D eigenvalue weighted by molar-refractivity contribution is -0.145. The summed E-state index contributed by atoms with van der Waals surface area (Å²) in [7, 11) is 1.32. The van der Waals surface area contributed by atoms with Gasteiger partial charge in [-0.3, -0.25) is 0 Å². The number of hydrogen-bond acceptors (Lipinski definition) is 4. The molecule has 114 valence electrons. The number of allylic oxidation sites excluding steroid dienone is 1. The van der Waals surface area contributed by atoms with Gasteiger partial charge < -0.3 is 9.57 Å². The zero-order valence-corrected chi connectivity index (χ0v) is 14.7. The number of rotatable bonds is 7. The number of halogens is 1. The van der Waals surface area contributed by atoms with Gasteiger partial charge in [0.25, 0.3) is 0 Å². The van der Waals surface area contributed by atoms with Gasteiger partial charge in [-0.25, -0.2) is 4.79 Å². The van der Waals surface area contributed by atoms with Crippen LogP contribution >= 0.6 is 22.6 Å².